The molecule has 1 aromatic rings. The van der Waals surface area contributed by atoms with Crippen LogP contribution in [0.4, 0.5) is 5.82 Å². The van der Waals surface area contributed by atoms with Crippen molar-refractivity contribution in [3.8, 4) is 0 Å². The molecule has 1 aromatic heterocycles. The lowest BCUT2D eigenvalue weighted by Crippen LogP contribution is -2.50. The first kappa shape index (κ1) is 17.1. The van der Waals surface area contributed by atoms with Crippen LogP contribution in [0.3, 0.4) is 0 Å². The van der Waals surface area contributed by atoms with E-state index in [4.69, 9.17) is 0 Å². The quantitative estimate of drug-likeness (QED) is 0.656. The van der Waals surface area contributed by atoms with Crippen LogP contribution in [0.15, 0.2) is 12.4 Å². The summed E-state index contributed by atoms with van der Waals surface area (Å²) < 4.78 is 0. The van der Waals surface area contributed by atoms with Gasteiger partial charge in [-0.25, -0.2) is 9.97 Å². The van der Waals surface area contributed by atoms with Crippen molar-refractivity contribution < 1.29 is 14.4 Å². The lowest BCUT2D eigenvalue weighted by molar-refractivity contribution is -0.130. The van der Waals surface area contributed by atoms with Crippen molar-refractivity contribution in [3.05, 3.63) is 18.1 Å². The Morgan fingerprint density at radius 2 is 1.60 bits per heavy atom. The van der Waals surface area contributed by atoms with Gasteiger partial charge >= 0.3 is 0 Å². The Labute approximate surface area is 146 Å². The number of aromatic nitrogens is 2. The summed E-state index contributed by atoms with van der Waals surface area (Å²) in [6.45, 7) is 6.30. The van der Waals surface area contributed by atoms with Gasteiger partial charge < -0.3 is 19.6 Å². The largest absolute Gasteiger partial charge is 0.353 e. The van der Waals surface area contributed by atoms with E-state index in [-0.39, 0.29) is 11.8 Å². The molecule has 0 N–H and O–H groups in total. The first-order chi connectivity index (χ1) is 12.1. The molecule has 2 saturated heterocycles. The van der Waals surface area contributed by atoms with Gasteiger partial charge in [0, 0.05) is 65.3 Å². The summed E-state index contributed by atoms with van der Waals surface area (Å²) >= 11 is 0. The number of hydrogen-bond donors (Lipinski definition) is 0. The number of hydrogen-bond acceptors (Lipinski definition) is 6. The summed E-state index contributed by atoms with van der Waals surface area (Å²) in [7, 11) is 0. The molecular formula is C16H22N6O3. The van der Waals surface area contributed by atoms with E-state index in [1.54, 1.807) is 27.7 Å². The molecule has 0 bridgehead atoms. The summed E-state index contributed by atoms with van der Waals surface area (Å²) in [6.07, 6.45) is 2.26. The molecule has 0 aliphatic carbocycles. The van der Waals surface area contributed by atoms with Gasteiger partial charge in [0.05, 0.1) is 0 Å². The number of piperazine rings is 2. The Balaban J connectivity index is 1.64. The fraction of sp³-hybridized carbons (Fsp3) is 0.562. The molecule has 0 spiro atoms. The van der Waals surface area contributed by atoms with Crippen molar-refractivity contribution in [2.75, 3.05) is 57.3 Å². The van der Waals surface area contributed by atoms with Crippen LogP contribution in [-0.2, 0) is 9.59 Å². The monoisotopic (exact) mass is 346 g/mol. The first-order valence-electron chi connectivity index (χ1n) is 8.39. The summed E-state index contributed by atoms with van der Waals surface area (Å²) in [5.74, 6) is 0.593. The molecule has 134 valence electrons. The minimum atomic E-state index is -0.140. The van der Waals surface area contributed by atoms with E-state index in [0.29, 0.717) is 63.9 Å². The number of carbonyl (C=O) groups is 3. The van der Waals surface area contributed by atoms with E-state index in [9.17, 15) is 14.4 Å². The van der Waals surface area contributed by atoms with E-state index in [0.717, 1.165) is 6.41 Å². The molecule has 9 nitrogen and oxygen atoms in total. The number of amides is 3. The molecule has 0 unspecified atom stereocenters. The zero-order valence-electron chi connectivity index (χ0n) is 14.3. The smallest absolute Gasteiger partial charge is 0.272 e. The topological polar surface area (TPSA) is 90.0 Å². The summed E-state index contributed by atoms with van der Waals surface area (Å²) in [6, 6.07) is 1.70. The third-order valence-corrected chi connectivity index (χ3v) is 4.67. The lowest BCUT2D eigenvalue weighted by Gasteiger charge is -2.34. The minimum absolute atomic E-state index is 0.0332. The summed E-state index contributed by atoms with van der Waals surface area (Å²) in [5.41, 5.74) is 0.360. The fourth-order valence-corrected chi connectivity index (χ4v) is 3.08. The van der Waals surface area contributed by atoms with Gasteiger partial charge in [-0.1, -0.05) is 0 Å². The van der Waals surface area contributed by atoms with Gasteiger partial charge in [-0.3, -0.25) is 14.4 Å². The number of rotatable bonds is 3. The highest BCUT2D eigenvalue weighted by Gasteiger charge is 2.25. The van der Waals surface area contributed by atoms with Crippen LogP contribution in [0.1, 0.15) is 17.4 Å². The van der Waals surface area contributed by atoms with Crippen LogP contribution in [-0.4, -0.2) is 95.3 Å². The van der Waals surface area contributed by atoms with Crippen molar-refractivity contribution in [1.29, 1.82) is 0 Å². The Bertz CT molecular complexity index is 651. The molecule has 0 radical (unpaired) electrons. The van der Waals surface area contributed by atoms with Crippen molar-refractivity contribution in [2.24, 2.45) is 0 Å². The molecule has 2 fully saturated rings. The van der Waals surface area contributed by atoms with E-state index in [1.165, 1.54) is 6.33 Å². The first-order valence-corrected chi connectivity index (χ1v) is 8.39. The maximum Gasteiger partial charge on any atom is 0.272 e. The second-order valence-electron chi connectivity index (χ2n) is 6.19. The van der Waals surface area contributed by atoms with Crippen LogP contribution < -0.4 is 4.90 Å². The van der Waals surface area contributed by atoms with Crippen LogP contribution in [0.5, 0.6) is 0 Å². The molecule has 0 atom stereocenters. The van der Waals surface area contributed by atoms with E-state index >= 15 is 0 Å². The van der Waals surface area contributed by atoms with E-state index in [2.05, 4.69) is 9.97 Å². The van der Waals surface area contributed by atoms with Gasteiger partial charge in [-0.2, -0.15) is 0 Å². The summed E-state index contributed by atoms with van der Waals surface area (Å²) in [4.78, 5) is 50.4. The fourth-order valence-electron chi connectivity index (χ4n) is 3.08. The van der Waals surface area contributed by atoms with Crippen molar-refractivity contribution in [2.45, 2.75) is 6.92 Å². The van der Waals surface area contributed by atoms with E-state index in [1.807, 2.05) is 4.90 Å². The number of nitrogens with zero attached hydrogens (tertiary/aromatic N) is 6. The van der Waals surface area contributed by atoms with E-state index < -0.39 is 0 Å². The Morgan fingerprint density at radius 3 is 2.20 bits per heavy atom. The maximum atomic E-state index is 12.7. The van der Waals surface area contributed by atoms with Gasteiger partial charge in [0.25, 0.3) is 5.91 Å². The average Bonchev–Trinajstić information content (AvgIpc) is 2.67. The molecule has 3 heterocycles. The SMILES string of the molecule is CC(=O)N1CCN(C(=O)c2cc(N3CCN(C=O)CC3)ncn2)CC1. The molecule has 3 amide bonds. The van der Waals surface area contributed by atoms with Gasteiger partial charge in [0.15, 0.2) is 0 Å². The highest BCUT2D eigenvalue weighted by molar-refractivity contribution is 5.93. The summed E-state index contributed by atoms with van der Waals surface area (Å²) in [5, 5.41) is 0. The Morgan fingerprint density at radius 1 is 0.960 bits per heavy atom. The van der Waals surface area contributed by atoms with Gasteiger partial charge in [0.2, 0.25) is 12.3 Å². The standard InChI is InChI=1S/C16H22N6O3/c1-13(24)20-6-8-22(9-7-20)16(25)14-10-15(18-11-17-14)21-4-2-19(12-23)3-5-21/h10-12H,2-9H2,1H3. The van der Waals surface area contributed by atoms with Crippen molar-refractivity contribution >= 4 is 24.0 Å². The lowest BCUT2D eigenvalue weighted by atomic mass is 10.2. The molecule has 2 aliphatic heterocycles. The van der Waals surface area contributed by atoms with Crippen LogP contribution in [0, 0.1) is 0 Å². The maximum absolute atomic E-state index is 12.7. The molecular weight excluding hydrogens is 324 g/mol. The van der Waals surface area contributed by atoms with Gasteiger partial charge in [-0.15, -0.1) is 0 Å². The normalized spacial score (nSPS) is 18.3. The Kier molecular flexibility index (Phi) is 5.11. The Hall–Kier alpha value is -2.71. The molecule has 3 rings (SSSR count). The zero-order chi connectivity index (χ0) is 17.8. The molecule has 0 aromatic carbocycles. The molecule has 25 heavy (non-hydrogen) atoms. The van der Waals surface area contributed by atoms with Gasteiger partial charge in [-0.05, 0) is 0 Å². The molecule has 9 heteroatoms. The van der Waals surface area contributed by atoms with Crippen molar-refractivity contribution in [3.63, 3.8) is 0 Å². The number of carbonyl (C=O) groups excluding carboxylic acids is 3. The third kappa shape index (κ3) is 3.86. The average molecular weight is 346 g/mol. The number of anilines is 1. The van der Waals surface area contributed by atoms with Crippen molar-refractivity contribution in [1.82, 2.24) is 24.7 Å². The predicted octanol–water partition coefficient (Wildman–Crippen LogP) is -0.941. The second kappa shape index (κ2) is 7.45. The highest BCUT2D eigenvalue weighted by Crippen LogP contribution is 2.15. The zero-order valence-corrected chi connectivity index (χ0v) is 14.3. The molecule has 2 aliphatic rings. The van der Waals surface area contributed by atoms with Crippen LogP contribution in [0.2, 0.25) is 0 Å². The highest BCUT2D eigenvalue weighted by atomic mass is 16.2. The van der Waals surface area contributed by atoms with Crippen LogP contribution >= 0.6 is 0 Å². The second-order valence-corrected chi connectivity index (χ2v) is 6.19. The third-order valence-electron chi connectivity index (χ3n) is 4.67. The predicted molar refractivity (Wildman–Crippen MR) is 90.0 cm³/mol. The van der Waals surface area contributed by atoms with Crippen LogP contribution in [0.25, 0.3) is 0 Å². The molecule has 0 saturated carbocycles. The minimum Gasteiger partial charge on any atom is -0.353 e. The van der Waals surface area contributed by atoms with Gasteiger partial charge in [0.1, 0.15) is 17.8 Å².